The summed E-state index contributed by atoms with van der Waals surface area (Å²) in [5.74, 6) is 0. The predicted molar refractivity (Wildman–Crippen MR) is 107 cm³/mol. The summed E-state index contributed by atoms with van der Waals surface area (Å²) < 4.78 is 19.3. The SMILES string of the molecule is CC(C)(C)NC(=O)OC1(c2ccc(-c3ncc([N+](=O)[O-])cc3Cl)cc2)CC(F)C1. The molecule has 0 atom stereocenters. The van der Waals surface area contributed by atoms with Gasteiger partial charge >= 0.3 is 6.09 Å². The highest BCUT2D eigenvalue weighted by Gasteiger charge is 2.50. The van der Waals surface area contributed by atoms with Gasteiger partial charge in [-0.15, -0.1) is 0 Å². The molecular weight excluding hydrogens is 401 g/mol. The fourth-order valence-electron chi connectivity index (χ4n) is 3.21. The maximum absolute atomic E-state index is 13.7. The largest absolute Gasteiger partial charge is 0.438 e. The molecule has 1 amide bonds. The van der Waals surface area contributed by atoms with E-state index in [2.05, 4.69) is 10.3 Å². The molecule has 1 aliphatic rings. The van der Waals surface area contributed by atoms with Gasteiger partial charge in [-0.2, -0.15) is 0 Å². The van der Waals surface area contributed by atoms with Gasteiger partial charge in [0.1, 0.15) is 18.0 Å². The Labute approximate surface area is 172 Å². The number of aromatic nitrogens is 1. The molecule has 1 aliphatic carbocycles. The number of carbonyl (C=O) groups excluding carboxylic acids is 1. The molecule has 9 heteroatoms. The quantitative estimate of drug-likeness (QED) is 0.543. The number of nitrogens with zero attached hydrogens (tertiary/aromatic N) is 2. The maximum Gasteiger partial charge on any atom is 0.408 e. The lowest BCUT2D eigenvalue weighted by Crippen LogP contribution is -2.50. The van der Waals surface area contributed by atoms with E-state index in [-0.39, 0.29) is 23.6 Å². The van der Waals surface area contributed by atoms with Crippen molar-refractivity contribution >= 4 is 23.4 Å². The molecule has 0 radical (unpaired) electrons. The van der Waals surface area contributed by atoms with Gasteiger partial charge in [0, 0.05) is 30.0 Å². The van der Waals surface area contributed by atoms with Crippen molar-refractivity contribution in [3.05, 3.63) is 57.2 Å². The summed E-state index contributed by atoms with van der Waals surface area (Å²) in [6.07, 6.45) is -0.340. The first-order valence-electron chi connectivity index (χ1n) is 9.05. The minimum absolute atomic E-state index is 0.0838. The zero-order chi connectivity index (χ0) is 21.4. The lowest BCUT2D eigenvalue weighted by Gasteiger charge is -2.44. The molecule has 2 aromatic rings. The highest BCUT2D eigenvalue weighted by atomic mass is 35.5. The number of pyridine rings is 1. The number of carbonyl (C=O) groups is 1. The number of amides is 1. The zero-order valence-corrected chi connectivity index (χ0v) is 17.0. The normalized spacial score (nSPS) is 21.2. The number of hydrogen-bond acceptors (Lipinski definition) is 5. The second kappa shape index (κ2) is 7.59. The van der Waals surface area contributed by atoms with Crippen LogP contribution in [-0.4, -0.2) is 27.7 Å². The first kappa shape index (κ1) is 21.0. The third-order valence-electron chi connectivity index (χ3n) is 4.59. The van der Waals surface area contributed by atoms with Crippen molar-refractivity contribution in [2.45, 2.75) is 50.9 Å². The third-order valence-corrected chi connectivity index (χ3v) is 4.88. The molecule has 1 aromatic heterocycles. The van der Waals surface area contributed by atoms with Crippen molar-refractivity contribution in [3.8, 4) is 11.3 Å². The molecule has 1 fully saturated rings. The molecule has 29 heavy (non-hydrogen) atoms. The van der Waals surface area contributed by atoms with Crippen molar-refractivity contribution in [2.75, 3.05) is 0 Å². The number of nitrogens with one attached hydrogen (secondary N) is 1. The van der Waals surface area contributed by atoms with Crippen LogP contribution >= 0.6 is 11.6 Å². The Morgan fingerprint density at radius 2 is 1.97 bits per heavy atom. The maximum atomic E-state index is 13.7. The Balaban J connectivity index is 1.84. The van der Waals surface area contributed by atoms with Crippen LogP contribution in [0.1, 0.15) is 39.2 Å². The van der Waals surface area contributed by atoms with Crippen molar-refractivity contribution in [3.63, 3.8) is 0 Å². The van der Waals surface area contributed by atoms with Gasteiger partial charge in [-0.05, 0) is 26.3 Å². The molecule has 7 nitrogen and oxygen atoms in total. The van der Waals surface area contributed by atoms with Crippen LogP contribution in [0.25, 0.3) is 11.3 Å². The van der Waals surface area contributed by atoms with E-state index in [1.165, 1.54) is 6.07 Å². The van der Waals surface area contributed by atoms with Crippen LogP contribution in [0.15, 0.2) is 36.5 Å². The van der Waals surface area contributed by atoms with Crippen LogP contribution in [-0.2, 0) is 10.3 Å². The van der Waals surface area contributed by atoms with E-state index in [4.69, 9.17) is 16.3 Å². The van der Waals surface area contributed by atoms with Crippen LogP contribution in [0.2, 0.25) is 5.02 Å². The highest BCUT2D eigenvalue weighted by molar-refractivity contribution is 6.33. The van der Waals surface area contributed by atoms with E-state index >= 15 is 0 Å². The summed E-state index contributed by atoms with van der Waals surface area (Å²) in [6, 6.07) is 8.12. The lowest BCUT2D eigenvalue weighted by molar-refractivity contribution is -0.385. The number of halogens is 2. The van der Waals surface area contributed by atoms with Gasteiger partial charge in [-0.3, -0.25) is 10.1 Å². The minimum atomic E-state index is -1.04. The Morgan fingerprint density at radius 3 is 2.45 bits per heavy atom. The molecule has 1 heterocycles. The average molecular weight is 422 g/mol. The average Bonchev–Trinajstić information content (AvgIpc) is 2.58. The molecule has 1 saturated carbocycles. The van der Waals surface area contributed by atoms with Gasteiger partial charge < -0.3 is 10.1 Å². The fraction of sp³-hybridized carbons (Fsp3) is 0.400. The third kappa shape index (κ3) is 4.64. The smallest absolute Gasteiger partial charge is 0.408 e. The van der Waals surface area contributed by atoms with Crippen molar-refractivity contribution in [1.29, 1.82) is 0 Å². The minimum Gasteiger partial charge on any atom is -0.438 e. The molecule has 0 spiro atoms. The molecule has 0 bridgehead atoms. The molecule has 1 aromatic carbocycles. The molecule has 154 valence electrons. The Bertz CT molecular complexity index is 938. The van der Waals surface area contributed by atoms with Crippen molar-refractivity contribution in [1.82, 2.24) is 10.3 Å². The molecule has 0 unspecified atom stereocenters. The molecular formula is C20H21ClFN3O4. The van der Waals surface area contributed by atoms with E-state index in [1.54, 1.807) is 24.3 Å². The summed E-state index contributed by atoms with van der Waals surface area (Å²) in [6.45, 7) is 5.49. The first-order valence-corrected chi connectivity index (χ1v) is 9.43. The van der Waals surface area contributed by atoms with Gasteiger partial charge in [-0.1, -0.05) is 35.9 Å². The highest BCUT2D eigenvalue weighted by Crippen LogP contribution is 2.47. The Hall–Kier alpha value is -2.74. The number of alkyl carbamates (subject to hydrolysis) is 1. The van der Waals surface area contributed by atoms with Crippen LogP contribution < -0.4 is 5.32 Å². The van der Waals surface area contributed by atoms with Crippen molar-refractivity contribution in [2.24, 2.45) is 0 Å². The second-order valence-electron chi connectivity index (χ2n) is 8.12. The van der Waals surface area contributed by atoms with E-state index in [1.807, 2.05) is 20.8 Å². The van der Waals surface area contributed by atoms with Gasteiger partial charge in [-0.25, -0.2) is 14.2 Å². The van der Waals surface area contributed by atoms with Crippen LogP contribution in [0.5, 0.6) is 0 Å². The second-order valence-corrected chi connectivity index (χ2v) is 8.53. The number of alkyl halides is 1. The summed E-state index contributed by atoms with van der Waals surface area (Å²) in [5, 5.41) is 13.7. The summed E-state index contributed by atoms with van der Waals surface area (Å²) in [4.78, 5) is 26.6. The van der Waals surface area contributed by atoms with Gasteiger partial charge in [0.25, 0.3) is 5.69 Å². The lowest BCUT2D eigenvalue weighted by atomic mass is 9.73. The summed E-state index contributed by atoms with van der Waals surface area (Å²) in [5.41, 5.74) is -0.00663. The zero-order valence-electron chi connectivity index (χ0n) is 16.2. The van der Waals surface area contributed by atoms with Crippen LogP contribution in [0.4, 0.5) is 14.9 Å². The summed E-state index contributed by atoms with van der Waals surface area (Å²) >= 11 is 6.13. The van der Waals surface area contributed by atoms with Gasteiger partial charge in [0.2, 0.25) is 0 Å². The molecule has 0 aliphatic heterocycles. The number of benzene rings is 1. The fourth-order valence-corrected chi connectivity index (χ4v) is 3.48. The van der Waals surface area contributed by atoms with E-state index < -0.39 is 28.3 Å². The Kier molecular flexibility index (Phi) is 5.49. The van der Waals surface area contributed by atoms with Crippen LogP contribution in [0.3, 0.4) is 0 Å². The van der Waals surface area contributed by atoms with Crippen LogP contribution in [0, 0.1) is 10.1 Å². The van der Waals surface area contributed by atoms with E-state index in [9.17, 15) is 19.3 Å². The number of nitro groups is 1. The van der Waals surface area contributed by atoms with Gasteiger partial charge in [0.15, 0.2) is 0 Å². The topological polar surface area (TPSA) is 94.4 Å². The monoisotopic (exact) mass is 421 g/mol. The summed E-state index contributed by atoms with van der Waals surface area (Å²) in [7, 11) is 0. The van der Waals surface area contributed by atoms with Crippen molar-refractivity contribution < 1.29 is 18.8 Å². The Morgan fingerprint density at radius 1 is 1.34 bits per heavy atom. The molecule has 1 N–H and O–H groups in total. The van der Waals surface area contributed by atoms with E-state index in [0.717, 1.165) is 6.20 Å². The number of hydrogen-bond donors (Lipinski definition) is 1. The van der Waals surface area contributed by atoms with E-state index in [0.29, 0.717) is 16.8 Å². The number of rotatable bonds is 4. The van der Waals surface area contributed by atoms with Gasteiger partial charge in [0.05, 0.1) is 15.6 Å². The number of ether oxygens (including phenoxy) is 1. The molecule has 3 rings (SSSR count). The first-order chi connectivity index (χ1) is 13.5. The molecule has 0 saturated heterocycles. The predicted octanol–water partition coefficient (Wildman–Crippen LogP) is 5.16. The standard InChI is InChI=1S/C20H21ClFN3O4/c1-19(2,3)24-18(26)29-20(9-14(22)10-20)13-6-4-12(5-7-13)17-16(21)8-15(11-23-17)25(27)28/h4-8,11,14H,9-10H2,1-3H3,(H,24,26).